The summed E-state index contributed by atoms with van der Waals surface area (Å²) < 4.78 is 1.46. The topological polar surface area (TPSA) is 84.3 Å². The molecule has 1 aromatic carbocycles. The fourth-order valence-corrected chi connectivity index (χ4v) is 3.87. The molecule has 1 aliphatic rings. The molecule has 1 fully saturated rings. The van der Waals surface area contributed by atoms with Gasteiger partial charge in [-0.3, -0.25) is 19.0 Å². The number of nitrogens with one attached hydrogen (secondary N) is 1. The predicted octanol–water partition coefficient (Wildman–Crippen LogP) is 2.61. The maximum absolute atomic E-state index is 12.3. The maximum Gasteiger partial charge on any atom is 0.262 e. The van der Waals surface area contributed by atoms with Crippen LogP contribution in [0.4, 0.5) is 11.4 Å². The van der Waals surface area contributed by atoms with Crippen LogP contribution >= 0.6 is 11.3 Å². The van der Waals surface area contributed by atoms with Gasteiger partial charge in [0.1, 0.15) is 4.83 Å². The molecule has 1 N–H and O–H groups in total. The van der Waals surface area contributed by atoms with Gasteiger partial charge in [-0.05, 0) is 42.1 Å². The zero-order chi connectivity index (χ0) is 18.8. The smallest absolute Gasteiger partial charge is 0.262 e. The van der Waals surface area contributed by atoms with Crippen LogP contribution in [0.15, 0.2) is 46.8 Å². The molecule has 2 aromatic heterocycles. The molecule has 8 heteroatoms. The van der Waals surface area contributed by atoms with E-state index in [9.17, 15) is 14.4 Å². The Kier molecular flexibility index (Phi) is 4.72. The van der Waals surface area contributed by atoms with Crippen molar-refractivity contribution < 1.29 is 9.59 Å². The first-order valence-corrected chi connectivity index (χ1v) is 9.63. The van der Waals surface area contributed by atoms with Crippen LogP contribution in [0.3, 0.4) is 0 Å². The highest BCUT2D eigenvalue weighted by Gasteiger charge is 2.21. The van der Waals surface area contributed by atoms with Gasteiger partial charge < -0.3 is 10.2 Å². The molecule has 2 amide bonds. The van der Waals surface area contributed by atoms with Crippen molar-refractivity contribution in [1.82, 2.24) is 9.55 Å². The Bertz CT molecular complexity index is 1050. The minimum Gasteiger partial charge on any atom is -0.326 e. The quantitative estimate of drug-likeness (QED) is 0.735. The Morgan fingerprint density at radius 1 is 1.19 bits per heavy atom. The highest BCUT2D eigenvalue weighted by atomic mass is 32.1. The number of rotatable bonds is 5. The highest BCUT2D eigenvalue weighted by Crippen LogP contribution is 2.23. The van der Waals surface area contributed by atoms with E-state index >= 15 is 0 Å². The Hall–Kier alpha value is -3.00. The second-order valence-electron chi connectivity index (χ2n) is 6.38. The lowest BCUT2D eigenvalue weighted by Crippen LogP contribution is -2.24. The van der Waals surface area contributed by atoms with E-state index in [0.29, 0.717) is 22.3 Å². The van der Waals surface area contributed by atoms with Gasteiger partial charge in [-0.2, -0.15) is 0 Å². The number of carbonyl (C=O) groups is 2. The predicted molar refractivity (Wildman–Crippen MR) is 105 cm³/mol. The minimum atomic E-state index is -0.183. The lowest BCUT2D eigenvalue weighted by molar-refractivity contribution is -0.117. The van der Waals surface area contributed by atoms with E-state index in [4.69, 9.17) is 0 Å². The van der Waals surface area contributed by atoms with E-state index in [1.807, 2.05) is 17.5 Å². The van der Waals surface area contributed by atoms with Crippen molar-refractivity contribution in [2.45, 2.75) is 25.8 Å². The Morgan fingerprint density at radius 3 is 2.74 bits per heavy atom. The first kappa shape index (κ1) is 17.4. The standard InChI is InChI=1S/C19H18N4O3S/c24-16(7-10-22-12-20-18-15(19(22)26)8-11-27-18)21-13-3-5-14(6-4-13)23-9-1-2-17(23)25/h3-6,8,11-12H,1-2,7,9-10H2,(H,21,24). The van der Waals surface area contributed by atoms with Gasteiger partial charge in [-0.25, -0.2) is 4.98 Å². The summed E-state index contributed by atoms with van der Waals surface area (Å²) in [7, 11) is 0. The second kappa shape index (κ2) is 7.32. The fourth-order valence-electron chi connectivity index (χ4n) is 3.14. The molecule has 0 atom stereocenters. The summed E-state index contributed by atoms with van der Waals surface area (Å²) in [6.45, 7) is 1.01. The third kappa shape index (κ3) is 3.61. The number of thiophene rings is 1. The number of fused-ring (bicyclic) bond motifs is 1. The number of hydrogen-bond acceptors (Lipinski definition) is 5. The Labute approximate surface area is 159 Å². The number of anilines is 2. The molecule has 1 saturated heterocycles. The molecule has 27 heavy (non-hydrogen) atoms. The van der Waals surface area contributed by atoms with Crippen LogP contribution in [0.25, 0.3) is 10.2 Å². The van der Waals surface area contributed by atoms with E-state index in [1.165, 1.54) is 22.2 Å². The van der Waals surface area contributed by atoms with Gasteiger partial charge in [-0.1, -0.05) is 0 Å². The first-order chi connectivity index (χ1) is 13.1. The average Bonchev–Trinajstić information content (AvgIpc) is 3.31. The van der Waals surface area contributed by atoms with Gasteiger partial charge in [0.15, 0.2) is 0 Å². The summed E-state index contributed by atoms with van der Waals surface area (Å²) in [5.74, 6) is -0.0502. The second-order valence-corrected chi connectivity index (χ2v) is 7.27. The van der Waals surface area contributed by atoms with Crippen molar-refractivity contribution in [2.24, 2.45) is 0 Å². The highest BCUT2D eigenvalue weighted by molar-refractivity contribution is 7.16. The van der Waals surface area contributed by atoms with Crippen LogP contribution in [0.1, 0.15) is 19.3 Å². The molecular weight excluding hydrogens is 364 g/mol. The molecule has 0 aliphatic carbocycles. The first-order valence-electron chi connectivity index (χ1n) is 8.75. The molecule has 0 spiro atoms. The molecule has 0 saturated carbocycles. The summed E-state index contributed by atoms with van der Waals surface area (Å²) >= 11 is 1.42. The lowest BCUT2D eigenvalue weighted by atomic mass is 10.2. The van der Waals surface area contributed by atoms with Crippen LogP contribution in [-0.2, 0) is 16.1 Å². The summed E-state index contributed by atoms with van der Waals surface area (Å²) in [4.78, 5) is 43.0. The minimum absolute atomic E-state index is 0.131. The average molecular weight is 382 g/mol. The van der Waals surface area contributed by atoms with Gasteiger partial charge >= 0.3 is 0 Å². The van der Waals surface area contributed by atoms with Crippen molar-refractivity contribution >= 4 is 44.7 Å². The van der Waals surface area contributed by atoms with Crippen LogP contribution < -0.4 is 15.8 Å². The number of nitrogens with zero attached hydrogens (tertiary/aromatic N) is 3. The third-order valence-electron chi connectivity index (χ3n) is 4.57. The molecule has 1 aliphatic heterocycles. The van der Waals surface area contributed by atoms with Crippen LogP contribution in [0.2, 0.25) is 0 Å². The van der Waals surface area contributed by atoms with Crippen LogP contribution in [0.5, 0.6) is 0 Å². The summed E-state index contributed by atoms with van der Waals surface area (Å²) in [5, 5.41) is 5.22. The molecule has 0 radical (unpaired) electrons. The monoisotopic (exact) mass is 382 g/mol. The van der Waals surface area contributed by atoms with Gasteiger partial charge in [0.05, 0.1) is 11.7 Å². The molecule has 7 nitrogen and oxygen atoms in total. The normalized spacial score (nSPS) is 14.1. The van der Waals surface area contributed by atoms with Crippen LogP contribution in [0, 0.1) is 0 Å². The fraction of sp³-hybridized carbons (Fsp3) is 0.263. The number of aryl methyl sites for hydroxylation is 1. The van der Waals surface area contributed by atoms with Gasteiger partial charge in [0, 0.05) is 37.3 Å². The van der Waals surface area contributed by atoms with E-state index < -0.39 is 0 Å². The largest absolute Gasteiger partial charge is 0.326 e. The third-order valence-corrected chi connectivity index (χ3v) is 5.39. The summed E-state index contributed by atoms with van der Waals surface area (Å²) in [5.41, 5.74) is 1.38. The van der Waals surface area contributed by atoms with Crippen molar-refractivity contribution in [3.63, 3.8) is 0 Å². The Morgan fingerprint density at radius 2 is 2.00 bits per heavy atom. The van der Waals surface area contributed by atoms with E-state index in [0.717, 1.165) is 18.7 Å². The molecule has 0 unspecified atom stereocenters. The van der Waals surface area contributed by atoms with Crippen molar-refractivity contribution in [3.05, 3.63) is 52.4 Å². The zero-order valence-electron chi connectivity index (χ0n) is 14.6. The van der Waals surface area contributed by atoms with Gasteiger partial charge in [0.25, 0.3) is 5.56 Å². The number of carbonyl (C=O) groups excluding carboxylic acids is 2. The maximum atomic E-state index is 12.3. The zero-order valence-corrected chi connectivity index (χ0v) is 15.4. The Balaban J connectivity index is 1.37. The number of benzene rings is 1. The lowest BCUT2D eigenvalue weighted by Gasteiger charge is -2.16. The van der Waals surface area contributed by atoms with E-state index in [2.05, 4.69) is 10.3 Å². The van der Waals surface area contributed by atoms with Gasteiger partial charge in [0.2, 0.25) is 11.8 Å². The number of hydrogen-bond donors (Lipinski definition) is 1. The van der Waals surface area contributed by atoms with Crippen molar-refractivity contribution in [3.8, 4) is 0 Å². The molecular formula is C19H18N4O3S. The molecule has 3 aromatic rings. The van der Waals surface area contributed by atoms with Crippen LogP contribution in [-0.4, -0.2) is 27.9 Å². The van der Waals surface area contributed by atoms with Crippen molar-refractivity contribution in [1.29, 1.82) is 0 Å². The van der Waals surface area contributed by atoms with Crippen molar-refractivity contribution in [2.75, 3.05) is 16.8 Å². The summed E-state index contributed by atoms with van der Waals surface area (Å²) in [6.07, 6.45) is 3.12. The number of amides is 2. The molecule has 4 rings (SSSR count). The van der Waals surface area contributed by atoms with Gasteiger partial charge in [-0.15, -0.1) is 11.3 Å². The molecule has 3 heterocycles. The molecule has 138 valence electrons. The SMILES string of the molecule is O=C(CCn1cnc2sccc2c1=O)Nc1ccc(N2CCCC2=O)cc1. The van der Waals surface area contributed by atoms with E-state index in [-0.39, 0.29) is 30.3 Å². The summed E-state index contributed by atoms with van der Waals surface area (Å²) in [6, 6.07) is 8.97. The number of aromatic nitrogens is 2. The molecule has 0 bridgehead atoms. The van der Waals surface area contributed by atoms with E-state index in [1.54, 1.807) is 23.1 Å².